The van der Waals surface area contributed by atoms with Crippen LogP contribution in [0, 0.1) is 0 Å². The summed E-state index contributed by atoms with van der Waals surface area (Å²) in [5, 5.41) is 7.37. The Hall–Kier alpha value is -0.970. The van der Waals surface area contributed by atoms with Crippen molar-refractivity contribution in [1.82, 2.24) is 10.6 Å². The highest BCUT2D eigenvalue weighted by molar-refractivity contribution is 5.76. The van der Waals surface area contributed by atoms with E-state index >= 15 is 0 Å². The minimum atomic E-state index is -0.0492. The van der Waals surface area contributed by atoms with Crippen LogP contribution >= 0.6 is 0 Å². The first-order chi connectivity index (χ1) is 11.2. The monoisotopic (exact) mass is 357 g/mol. The fourth-order valence-corrected chi connectivity index (χ4v) is 4.41. The molecule has 0 radical (unpaired) electrons. The second-order valence-electron chi connectivity index (χ2n) is 7.47. The molecule has 0 aliphatic carbocycles. The molecule has 1 fully saturated rings. The van der Waals surface area contributed by atoms with Gasteiger partial charge in [-0.25, -0.2) is 0 Å². The predicted molar refractivity (Wildman–Crippen MR) is 90.6 cm³/mol. The number of rotatable bonds is 7. The van der Waals surface area contributed by atoms with Gasteiger partial charge in [-0.2, -0.15) is 0 Å². The van der Waals surface area contributed by atoms with Gasteiger partial charge in [0, 0.05) is 19.3 Å². The van der Waals surface area contributed by atoms with Crippen LogP contribution in [0.5, 0.6) is 0 Å². The van der Waals surface area contributed by atoms with Gasteiger partial charge >= 0.3 is 11.9 Å². The third-order valence-corrected chi connectivity index (χ3v) is 5.45. The first-order valence-electron chi connectivity index (χ1n) is 9.51. The van der Waals surface area contributed by atoms with E-state index in [0.29, 0.717) is 25.1 Å². The molecule has 0 bridgehead atoms. The van der Waals surface area contributed by atoms with E-state index in [1.807, 2.05) is 6.92 Å². The summed E-state index contributed by atoms with van der Waals surface area (Å²) in [5.74, 6) is 1.23. The molecule has 0 aromatic heterocycles. The van der Waals surface area contributed by atoms with Crippen molar-refractivity contribution in [3.05, 3.63) is 0 Å². The van der Waals surface area contributed by atoms with E-state index in [1.54, 1.807) is 0 Å². The summed E-state index contributed by atoms with van der Waals surface area (Å²) in [6.45, 7) is 4.87. The molecule has 2 N–H and O–H groups in total. The average molecular weight is 358 g/mol. The minimum Gasteiger partial charge on any atom is -1.00 e. The summed E-state index contributed by atoms with van der Waals surface area (Å²) in [4.78, 5) is 11.3. The molecule has 3 aliphatic rings. The molecule has 4 atom stereocenters. The molecule has 3 aliphatic heterocycles. The second-order valence-corrected chi connectivity index (χ2v) is 7.47. The average Bonchev–Trinajstić information content (AvgIpc) is 2.91. The third kappa shape index (κ3) is 4.56. The number of guanidine groups is 1. The molecule has 0 unspecified atom stereocenters. The standard InChI is InChI=1S/C18H31N3O2.ClH/c1-3-6-17(22)23-10-5-4-7-14-12-16-9-8-15-11-13(2)19-18(20-14)21(15)16;/h13-16H,3-12H2,1-2H3,(H,19,20);1H/t13-,14+,15+,16-;/m1./s1. The Morgan fingerprint density at radius 3 is 2.71 bits per heavy atom. The Morgan fingerprint density at radius 2 is 1.96 bits per heavy atom. The van der Waals surface area contributed by atoms with E-state index in [2.05, 4.69) is 22.1 Å². The lowest BCUT2D eigenvalue weighted by Gasteiger charge is -2.35. The molecule has 3 heterocycles. The number of nitrogens with zero attached hydrogens (tertiary/aromatic N) is 1. The number of unbranched alkanes of at least 4 members (excludes halogenated alkanes) is 1. The molecule has 0 aromatic carbocycles. The lowest BCUT2D eigenvalue weighted by Crippen LogP contribution is -3.00. The molecule has 5 nitrogen and oxygen atoms in total. The highest BCUT2D eigenvalue weighted by atomic mass is 35.5. The van der Waals surface area contributed by atoms with E-state index < -0.39 is 0 Å². The SMILES string of the molecule is CCCC(=O)OCCCC[C@H]1C[C@H]2CC[C@H]3C[C@@H](C)NC(=[N+]23)N1.[Cl-]. The van der Waals surface area contributed by atoms with Crippen LogP contribution in [0.4, 0.5) is 0 Å². The molecular weight excluding hydrogens is 326 g/mol. The Morgan fingerprint density at radius 1 is 1.21 bits per heavy atom. The maximum Gasteiger partial charge on any atom is 0.346 e. The number of hydrogen-bond acceptors (Lipinski definition) is 4. The van der Waals surface area contributed by atoms with Crippen molar-refractivity contribution in [3.8, 4) is 0 Å². The molecule has 24 heavy (non-hydrogen) atoms. The quantitative estimate of drug-likeness (QED) is 0.354. The normalized spacial score (nSPS) is 30.8. The van der Waals surface area contributed by atoms with Gasteiger partial charge in [0.05, 0.1) is 30.8 Å². The zero-order valence-electron chi connectivity index (χ0n) is 15.0. The number of carbonyl (C=O) groups excluding carboxylic acids is 1. The van der Waals surface area contributed by atoms with Crippen LogP contribution in [0.2, 0.25) is 0 Å². The second kappa shape index (κ2) is 8.93. The van der Waals surface area contributed by atoms with E-state index in [9.17, 15) is 4.79 Å². The minimum absolute atomic E-state index is 0. The topological polar surface area (TPSA) is 53.4 Å². The lowest BCUT2D eigenvalue weighted by molar-refractivity contribution is -0.593. The molecule has 0 aromatic rings. The molecular formula is C18H32ClN3O2. The van der Waals surface area contributed by atoms with Gasteiger partial charge in [0.1, 0.15) is 0 Å². The van der Waals surface area contributed by atoms with Crippen LogP contribution in [0.25, 0.3) is 0 Å². The molecule has 0 amide bonds. The van der Waals surface area contributed by atoms with Gasteiger partial charge in [0.25, 0.3) is 0 Å². The Labute approximate surface area is 152 Å². The fraction of sp³-hybridized carbons (Fsp3) is 0.889. The Bertz CT molecular complexity index is 469. The van der Waals surface area contributed by atoms with E-state index in [0.717, 1.165) is 31.3 Å². The number of hydrogen-bond donors (Lipinski definition) is 2. The van der Waals surface area contributed by atoms with Gasteiger partial charge in [-0.15, -0.1) is 0 Å². The van der Waals surface area contributed by atoms with Crippen LogP contribution < -0.4 is 23.0 Å². The van der Waals surface area contributed by atoms with Gasteiger partial charge in [-0.1, -0.05) is 6.92 Å². The first kappa shape index (κ1) is 19.4. The van der Waals surface area contributed by atoms with Crippen molar-refractivity contribution >= 4 is 11.9 Å². The lowest BCUT2D eigenvalue weighted by atomic mass is 9.99. The highest BCUT2D eigenvalue weighted by Gasteiger charge is 2.44. The van der Waals surface area contributed by atoms with Crippen molar-refractivity contribution in [2.75, 3.05) is 6.61 Å². The summed E-state index contributed by atoms with van der Waals surface area (Å²) < 4.78 is 7.85. The fourth-order valence-electron chi connectivity index (χ4n) is 4.41. The summed E-state index contributed by atoms with van der Waals surface area (Å²) in [7, 11) is 0. The van der Waals surface area contributed by atoms with Gasteiger partial charge in [-0.05, 0) is 45.4 Å². The maximum absolute atomic E-state index is 11.3. The predicted octanol–water partition coefficient (Wildman–Crippen LogP) is -0.853. The van der Waals surface area contributed by atoms with Crippen LogP contribution in [-0.2, 0) is 9.53 Å². The zero-order valence-corrected chi connectivity index (χ0v) is 15.8. The summed E-state index contributed by atoms with van der Waals surface area (Å²) in [6.07, 6.45) is 9.90. The molecule has 6 heteroatoms. The third-order valence-electron chi connectivity index (χ3n) is 5.45. The number of ether oxygens (including phenoxy) is 1. The van der Waals surface area contributed by atoms with Crippen molar-refractivity contribution in [2.24, 2.45) is 0 Å². The van der Waals surface area contributed by atoms with Gasteiger partial charge in [0.2, 0.25) is 0 Å². The zero-order chi connectivity index (χ0) is 16.2. The van der Waals surface area contributed by atoms with Crippen LogP contribution in [0.3, 0.4) is 0 Å². The van der Waals surface area contributed by atoms with Crippen molar-refractivity contribution in [1.29, 1.82) is 0 Å². The van der Waals surface area contributed by atoms with Crippen molar-refractivity contribution in [2.45, 2.75) is 95.8 Å². The van der Waals surface area contributed by atoms with Gasteiger partial charge < -0.3 is 17.1 Å². The molecule has 3 rings (SSSR count). The maximum atomic E-state index is 11.3. The summed E-state index contributed by atoms with van der Waals surface area (Å²) in [6, 6.07) is 2.62. The number of halogens is 1. The van der Waals surface area contributed by atoms with Crippen molar-refractivity contribution < 1.29 is 26.5 Å². The molecule has 0 saturated carbocycles. The number of esters is 1. The van der Waals surface area contributed by atoms with Crippen LogP contribution in [0.15, 0.2) is 0 Å². The summed E-state index contributed by atoms with van der Waals surface area (Å²) in [5.41, 5.74) is 0. The molecule has 0 spiro atoms. The van der Waals surface area contributed by atoms with Crippen molar-refractivity contribution in [3.63, 3.8) is 0 Å². The first-order valence-corrected chi connectivity index (χ1v) is 9.51. The Kier molecular flexibility index (Phi) is 7.20. The van der Waals surface area contributed by atoms with E-state index in [1.165, 1.54) is 38.1 Å². The largest absolute Gasteiger partial charge is 1.00 e. The smallest absolute Gasteiger partial charge is 0.346 e. The molecule has 1 saturated heterocycles. The van der Waals surface area contributed by atoms with Crippen LogP contribution in [0.1, 0.15) is 71.6 Å². The number of nitrogens with one attached hydrogen (secondary N) is 2. The van der Waals surface area contributed by atoms with Crippen LogP contribution in [-0.4, -0.2) is 47.3 Å². The molecule has 138 valence electrons. The van der Waals surface area contributed by atoms with E-state index in [-0.39, 0.29) is 18.4 Å². The summed E-state index contributed by atoms with van der Waals surface area (Å²) >= 11 is 0. The van der Waals surface area contributed by atoms with Gasteiger partial charge in [-0.3, -0.25) is 20.0 Å². The highest BCUT2D eigenvalue weighted by Crippen LogP contribution is 2.31. The van der Waals surface area contributed by atoms with E-state index in [4.69, 9.17) is 4.74 Å². The Balaban J connectivity index is 0.00000208. The number of carbonyl (C=O) groups is 1. The van der Waals surface area contributed by atoms with Gasteiger partial charge in [0.15, 0.2) is 0 Å².